The number of hydrogen-bond donors (Lipinski definition) is 3. The fourth-order valence-electron chi connectivity index (χ4n) is 4.58. The standard InChI is InChI=1S/C27H24F3N3O3/c28-27(29,30)15-14-20(22(24(31)34)16-8-2-1-3-9-16)25(35)33-23-19-12-5-4-10-17(19)18-11-6-7-13-21(18)32-26(23)36/h1-13,20,22-23H,14-15H2,(H2,31,34)(H,32,36)(H,33,35)/t20-,22+,23+/m1/s1. The van der Waals surface area contributed by atoms with Crippen molar-refractivity contribution in [1.29, 1.82) is 0 Å². The third-order valence-corrected chi connectivity index (χ3v) is 6.24. The Hall–Kier alpha value is -4.14. The van der Waals surface area contributed by atoms with Crippen LogP contribution in [-0.2, 0) is 14.4 Å². The first-order valence-electron chi connectivity index (χ1n) is 11.4. The van der Waals surface area contributed by atoms with Gasteiger partial charge in [-0.15, -0.1) is 0 Å². The molecule has 0 radical (unpaired) electrons. The van der Waals surface area contributed by atoms with Crippen LogP contribution in [0.5, 0.6) is 0 Å². The fraction of sp³-hybridized carbons (Fsp3) is 0.222. The van der Waals surface area contributed by atoms with E-state index < -0.39 is 54.6 Å². The van der Waals surface area contributed by atoms with Crippen molar-refractivity contribution in [2.24, 2.45) is 11.7 Å². The molecule has 9 heteroatoms. The van der Waals surface area contributed by atoms with E-state index in [0.717, 1.165) is 5.56 Å². The van der Waals surface area contributed by atoms with Crippen LogP contribution in [0.4, 0.5) is 18.9 Å². The van der Waals surface area contributed by atoms with Crippen molar-refractivity contribution in [3.05, 3.63) is 90.0 Å². The van der Waals surface area contributed by atoms with Gasteiger partial charge in [-0.1, -0.05) is 72.8 Å². The Morgan fingerprint density at radius 3 is 2.19 bits per heavy atom. The molecule has 3 amide bonds. The molecule has 6 nitrogen and oxygen atoms in total. The first kappa shape index (κ1) is 25.0. The molecule has 0 aromatic heterocycles. The van der Waals surface area contributed by atoms with Crippen LogP contribution in [0.3, 0.4) is 0 Å². The van der Waals surface area contributed by atoms with Gasteiger partial charge < -0.3 is 16.4 Å². The van der Waals surface area contributed by atoms with Gasteiger partial charge in [-0.25, -0.2) is 0 Å². The molecule has 0 unspecified atom stereocenters. The molecule has 3 aromatic rings. The third-order valence-electron chi connectivity index (χ3n) is 6.24. The number of rotatable bonds is 7. The molecule has 186 valence electrons. The molecule has 1 aliphatic heterocycles. The average molecular weight is 496 g/mol. The number of halogens is 3. The number of para-hydroxylation sites is 1. The number of carbonyl (C=O) groups excluding carboxylic acids is 3. The van der Waals surface area contributed by atoms with Gasteiger partial charge in [0.1, 0.15) is 6.04 Å². The molecule has 3 aromatic carbocycles. The van der Waals surface area contributed by atoms with E-state index in [1.165, 1.54) is 12.1 Å². The minimum absolute atomic E-state index is 0.324. The van der Waals surface area contributed by atoms with Gasteiger partial charge in [0.15, 0.2) is 0 Å². The number of amides is 3. The lowest BCUT2D eigenvalue weighted by Gasteiger charge is -2.27. The summed E-state index contributed by atoms with van der Waals surface area (Å²) in [7, 11) is 0. The lowest BCUT2D eigenvalue weighted by Crippen LogP contribution is -2.44. The Morgan fingerprint density at radius 2 is 1.53 bits per heavy atom. The van der Waals surface area contributed by atoms with Crippen molar-refractivity contribution in [3.63, 3.8) is 0 Å². The minimum atomic E-state index is -4.55. The van der Waals surface area contributed by atoms with Gasteiger partial charge in [0.25, 0.3) is 5.91 Å². The highest BCUT2D eigenvalue weighted by Crippen LogP contribution is 2.38. The number of benzene rings is 3. The molecule has 0 spiro atoms. The fourth-order valence-corrected chi connectivity index (χ4v) is 4.58. The van der Waals surface area contributed by atoms with Gasteiger partial charge >= 0.3 is 6.18 Å². The minimum Gasteiger partial charge on any atom is -0.369 e. The van der Waals surface area contributed by atoms with E-state index in [1.807, 2.05) is 12.1 Å². The zero-order chi connectivity index (χ0) is 25.9. The number of nitrogens with two attached hydrogens (primary N) is 1. The van der Waals surface area contributed by atoms with Crippen molar-refractivity contribution in [2.75, 3.05) is 5.32 Å². The number of fused-ring (bicyclic) bond motifs is 3. The SMILES string of the molecule is NC(=O)[C@@H](c1ccccc1)[C@@H](CCC(F)(F)F)C(=O)N[C@@H]1C(=O)Nc2ccccc2-c2ccccc21. The summed E-state index contributed by atoms with van der Waals surface area (Å²) >= 11 is 0. The van der Waals surface area contributed by atoms with E-state index in [9.17, 15) is 27.6 Å². The highest BCUT2D eigenvalue weighted by Gasteiger charge is 2.39. The molecule has 36 heavy (non-hydrogen) atoms. The van der Waals surface area contributed by atoms with Gasteiger partial charge in [0, 0.05) is 17.7 Å². The maximum absolute atomic E-state index is 13.5. The van der Waals surface area contributed by atoms with Crippen LogP contribution in [0.1, 0.15) is 35.9 Å². The molecule has 0 aliphatic carbocycles. The first-order chi connectivity index (χ1) is 17.2. The molecule has 4 rings (SSSR count). The molecule has 0 fully saturated rings. The number of alkyl halides is 3. The summed E-state index contributed by atoms with van der Waals surface area (Å²) in [5, 5.41) is 5.39. The molecule has 4 N–H and O–H groups in total. The Morgan fingerprint density at radius 1 is 0.917 bits per heavy atom. The van der Waals surface area contributed by atoms with Crippen LogP contribution in [0.15, 0.2) is 78.9 Å². The lowest BCUT2D eigenvalue weighted by atomic mass is 9.81. The quantitative estimate of drug-likeness (QED) is 0.443. The number of primary amides is 1. The van der Waals surface area contributed by atoms with Crippen LogP contribution < -0.4 is 16.4 Å². The number of anilines is 1. The maximum Gasteiger partial charge on any atom is 0.389 e. The van der Waals surface area contributed by atoms with Crippen LogP contribution in [0, 0.1) is 5.92 Å². The van der Waals surface area contributed by atoms with Crippen LogP contribution in [0.25, 0.3) is 11.1 Å². The second-order valence-corrected chi connectivity index (χ2v) is 8.61. The monoisotopic (exact) mass is 495 g/mol. The Balaban J connectivity index is 1.71. The van der Waals surface area contributed by atoms with E-state index in [4.69, 9.17) is 5.73 Å². The highest BCUT2D eigenvalue weighted by atomic mass is 19.4. The van der Waals surface area contributed by atoms with Crippen molar-refractivity contribution in [2.45, 2.75) is 31.0 Å². The van der Waals surface area contributed by atoms with Gasteiger partial charge in [-0.3, -0.25) is 14.4 Å². The average Bonchev–Trinajstić information content (AvgIpc) is 2.96. The Bertz CT molecular complexity index is 1280. The van der Waals surface area contributed by atoms with Gasteiger partial charge in [-0.2, -0.15) is 13.2 Å². The lowest BCUT2D eigenvalue weighted by molar-refractivity contribution is -0.144. The van der Waals surface area contributed by atoms with E-state index in [0.29, 0.717) is 22.4 Å². The van der Waals surface area contributed by atoms with E-state index >= 15 is 0 Å². The summed E-state index contributed by atoms with van der Waals surface area (Å²) in [5.41, 5.74) is 8.37. The second-order valence-electron chi connectivity index (χ2n) is 8.61. The largest absolute Gasteiger partial charge is 0.389 e. The smallest absolute Gasteiger partial charge is 0.369 e. The topological polar surface area (TPSA) is 101 Å². The normalized spacial score (nSPS) is 16.5. The molecular weight excluding hydrogens is 471 g/mol. The van der Waals surface area contributed by atoms with Gasteiger partial charge in [-0.05, 0) is 29.2 Å². The zero-order valence-corrected chi connectivity index (χ0v) is 19.1. The van der Waals surface area contributed by atoms with E-state index in [-0.39, 0.29) is 0 Å². The van der Waals surface area contributed by atoms with E-state index in [1.54, 1.807) is 54.6 Å². The van der Waals surface area contributed by atoms with Crippen molar-refractivity contribution in [1.82, 2.24) is 5.32 Å². The molecule has 3 atom stereocenters. The Labute approximate surface area is 205 Å². The van der Waals surface area contributed by atoms with Gasteiger partial charge in [0.2, 0.25) is 11.8 Å². The molecular formula is C27H24F3N3O3. The van der Waals surface area contributed by atoms with Crippen molar-refractivity contribution >= 4 is 23.4 Å². The predicted molar refractivity (Wildman–Crippen MR) is 129 cm³/mol. The summed E-state index contributed by atoms with van der Waals surface area (Å²) in [6.45, 7) is 0. The summed E-state index contributed by atoms with van der Waals surface area (Å²) < 4.78 is 39.5. The van der Waals surface area contributed by atoms with Crippen LogP contribution >= 0.6 is 0 Å². The summed E-state index contributed by atoms with van der Waals surface area (Å²) in [6, 6.07) is 20.8. The Kier molecular flexibility index (Phi) is 7.10. The molecule has 0 bridgehead atoms. The summed E-state index contributed by atoms with van der Waals surface area (Å²) in [5.74, 6) is -5.10. The van der Waals surface area contributed by atoms with Gasteiger partial charge in [0.05, 0.1) is 11.8 Å². The van der Waals surface area contributed by atoms with Crippen molar-refractivity contribution < 1.29 is 27.6 Å². The summed E-state index contributed by atoms with van der Waals surface area (Å²) in [6.07, 6.45) is -6.51. The number of hydrogen-bond acceptors (Lipinski definition) is 3. The third kappa shape index (κ3) is 5.40. The molecule has 0 saturated carbocycles. The molecule has 0 saturated heterocycles. The maximum atomic E-state index is 13.5. The van der Waals surface area contributed by atoms with E-state index in [2.05, 4.69) is 10.6 Å². The van der Waals surface area contributed by atoms with Crippen molar-refractivity contribution in [3.8, 4) is 11.1 Å². The predicted octanol–water partition coefficient (Wildman–Crippen LogP) is 4.69. The molecule has 1 aliphatic rings. The highest BCUT2D eigenvalue weighted by molar-refractivity contribution is 6.05. The van der Waals surface area contributed by atoms with Crippen LogP contribution in [-0.4, -0.2) is 23.9 Å². The molecule has 1 heterocycles. The van der Waals surface area contributed by atoms with Crippen LogP contribution in [0.2, 0.25) is 0 Å². The summed E-state index contributed by atoms with van der Waals surface area (Å²) in [4.78, 5) is 39.1. The number of nitrogens with one attached hydrogen (secondary N) is 2. The first-order valence-corrected chi connectivity index (χ1v) is 11.4. The zero-order valence-electron chi connectivity index (χ0n) is 19.1. The number of carbonyl (C=O) groups is 3. The second kappa shape index (κ2) is 10.2.